The van der Waals surface area contributed by atoms with Gasteiger partial charge in [0.1, 0.15) is 0 Å². The summed E-state index contributed by atoms with van der Waals surface area (Å²) in [6.45, 7) is 1.51. The summed E-state index contributed by atoms with van der Waals surface area (Å²) in [6.07, 6.45) is 0. The van der Waals surface area contributed by atoms with Crippen LogP contribution in [-0.4, -0.2) is 10.8 Å². The maximum absolute atomic E-state index is 13.0. The lowest BCUT2D eigenvalue weighted by Crippen LogP contribution is -2.12. The molecule has 0 unspecified atom stereocenters. The number of anilines is 1. The maximum Gasteiger partial charge on any atom is 0.272 e. The number of benzene rings is 2. The normalized spacial score (nSPS) is 10.2. The number of nitrogens with one attached hydrogen (secondary N) is 1. The highest BCUT2D eigenvalue weighted by Gasteiger charge is 2.14. The molecule has 0 bridgehead atoms. The zero-order chi connectivity index (χ0) is 15.6. The van der Waals surface area contributed by atoms with Gasteiger partial charge < -0.3 is 5.32 Å². The number of hydrogen-bond acceptors (Lipinski definition) is 3. The third-order valence-electron chi connectivity index (χ3n) is 2.83. The number of amides is 1. The molecule has 108 valence electrons. The van der Waals surface area contributed by atoms with Crippen molar-refractivity contribution in [3.63, 3.8) is 0 Å². The molecule has 0 aliphatic carbocycles. The topological polar surface area (TPSA) is 72.2 Å². The molecular weight excluding hydrogens is 282 g/mol. The molecule has 0 radical (unpaired) electrons. The van der Waals surface area contributed by atoms with E-state index in [0.29, 0.717) is 5.56 Å². The molecule has 0 atom stereocenters. The van der Waals surface area contributed by atoms with Crippen molar-refractivity contribution in [3.05, 3.63) is 69.3 Å². The quantitative estimate of drug-likeness (QED) is 0.695. The first kappa shape index (κ1) is 14.6. The molecule has 5 nitrogen and oxygen atoms in total. The monoisotopic (exact) mass is 292 g/mol. The Balaban J connectivity index is 2.22. The highest BCUT2D eigenvalue weighted by atomic mass is 19.2. The van der Waals surface area contributed by atoms with E-state index in [1.165, 1.54) is 31.2 Å². The first-order valence-electron chi connectivity index (χ1n) is 5.90. The number of hydrogen-bond donors (Lipinski definition) is 1. The van der Waals surface area contributed by atoms with E-state index >= 15 is 0 Å². The van der Waals surface area contributed by atoms with Crippen molar-refractivity contribution in [3.8, 4) is 0 Å². The fourth-order valence-corrected chi connectivity index (χ4v) is 1.78. The first-order chi connectivity index (χ1) is 9.88. The Labute approximate surface area is 118 Å². The molecule has 21 heavy (non-hydrogen) atoms. The fourth-order valence-electron chi connectivity index (χ4n) is 1.78. The molecule has 1 N–H and O–H groups in total. The van der Waals surface area contributed by atoms with E-state index in [4.69, 9.17) is 0 Å². The Bertz CT molecular complexity index is 732. The van der Waals surface area contributed by atoms with Gasteiger partial charge in [0.05, 0.1) is 4.92 Å². The van der Waals surface area contributed by atoms with Crippen molar-refractivity contribution in [2.24, 2.45) is 0 Å². The van der Waals surface area contributed by atoms with Crippen LogP contribution in [0.15, 0.2) is 36.4 Å². The predicted octanol–water partition coefficient (Wildman–Crippen LogP) is 3.43. The van der Waals surface area contributed by atoms with Crippen molar-refractivity contribution in [1.82, 2.24) is 0 Å². The van der Waals surface area contributed by atoms with Crippen molar-refractivity contribution >= 4 is 17.3 Å². The Morgan fingerprint density at radius 2 is 1.86 bits per heavy atom. The molecule has 0 saturated heterocycles. The van der Waals surface area contributed by atoms with Gasteiger partial charge in [-0.05, 0) is 31.2 Å². The van der Waals surface area contributed by atoms with Gasteiger partial charge in [0, 0.05) is 28.9 Å². The number of nitro benzene ring substituents is 1. The number of nitrogens with zero attached hydrogens (tertiary/aromatic N) is 1. The highest BCUT2D eigenvalue weighted by Crippen LogP contribution is 2.20. The lowest BCUT2D eigenvalue weighted by atomic mass is 10.1. The molecule has 0 aromatic heterocycles. The predicted molar refractivity (Wildman–Crippen MR) is 72.1 cm³/mol. The molecule has 2 aromatic rings. The minimum atomic E-state index is -1.08. The zero-order valence-electron chi connectivity index (χ0n) is 10.9. The summed E-state index contributed by atoms with van der Waals surface area (Å²) >= 11 is 0. The number of nitro groups is 1. The van der Waals surface area contributed by atoms with E-state index in [1.54, 1.807) is 0 Å². The standard InChI is InChI=1S/C14H10F2N2O3/c1-8-6-9(2-5-13(8)18(20)21)14(19)17-10-3-4-11(15)12(16)7-10/h2-7H,1H3,(H,17,19). The van der Waals surface area contributed by atoms with Crippen LogP contribution in [0.1, 0.15) is 15.9 Å². The van der Waals surface area contributed by atoms with E-state index in [1.807, 2.05) is 0 Å². The minimum Gasteiger partial charge on any atom is -0.322 e. The van der Waals surface area contributed by atoms with Crippen LogP contribution < -0.4 is 5.32 Å². The van der Waals surface area contributed by atoms with E-state index < -0.39 is 22.5 Å². The second-order valence-corrected chi connectivity index (χ2v) is 4.34. The molecule has 2 rings (SSSR count). The van der Waals surface area contributed by atoms with Crippen LogP contribution >= 0.6 is 0 Å². The van der Waals surface area contributed by atoms with Crippen LogP contribution in [0.25, 0.3) is 0 Å². The smallest absolute Gasteiger partial charge is 0.272 e. The summed E-state index contributed by atoms with van der Waals surface area (Å²) < 4.78 is 25.8. The molecule has 2 aromatic carbocycles. The fraction of sp³-hybridized carbons (Fsp3) is 0.0714. The van der Waals surface area contributed by atoms with Gasteiger partial charge in [-0.25, -0.2) is 8.78 Å². The van der Waals surface area contributed by atoms with Gasteiger partial charge >= 0.3 is 0 Å². The molecule has 0 fully saturated rings. The van der Waals surface area contributed by atoms with Gasteiger partial charge in [-0.3, -0.25) is 14.9 Å². The number of rotatable bonds is 3. The average molecular weight is 292 g/mol. The second kappa shape index (κ2) is 5.66. The van der Waals surface area contributed by atoms with E-state index in [9.17, 15) is 23.7 Å². The number of halogens is 2. The Morgan fingerprint density at radius 3 is 2.43 bits per heavy atom. The van der Waals surface area contributed by atoms with Gasteiger partial charge in [-0.15, -0.1) is 0 Å². The molecule has 1 amide bonds. The van der Waals surface area contributed by atoms with Crippen molar-refractivity contribution in [2.45, 2.75) is 6.92 Å². The van der Waals surface area contributed by atoms with E-state index in [2.05, 4.69) is 5.32 Å². The highest BCUT2D eigenvalue weighted by molar-refractivity contribution is 6.04. The summed E-state index contributed by atoms with van der Waals surface area (Å²) in [5.41, 5.74) is 0.509. The van der Waals surface area contributed by atoms with Crippen LogP contribution in [0.5, 0.6) is 0 Å². The third-order valence-corrected chi connectivity index (χ3v) is 2.83. The van der Waals surface area contributed by atoms with Crippen LogP contribution in [0.4, 0.5) is 20.2 Å². The van der Waals surface area contributed by atoms with Crippen LogP contribution in [0, 0.1) is 28.7 Å². The van der Waals surface area contributed by atoms with Crippen LogP contribution in [0.2, 0.25) is 0 Å². The Morgan fingerprint density at radius 1 is 1.14 bits per heavy atom. The number of carbonyl (C=O) groups is 1. The third kappa shape index (κ3) is 3.19. The van der Waals surface area contributed by atoms with Gasteiger partial charge in [0.25, 0.3) is 11.6 Å². The Hall–Kier alpha value is -2.83. The molecule has 0 saturated carbocycles. The first-order valence-corrected chi connectivity index (χ1v) is 5.90. The van der Waals surface area contributed by atoms with Gasteiger partial charge in [-0.1, -0.05) is 0 Å². The van der Waals surface area contributed by atoms with Crippen molar-refractivity contribution in [2.75, 3.05) is 5.32 Å². The molecule has 0 aliphatic heterocycles. The maximum atomic E-state index is 13.0. The second-order valence-electron chi connectivity index (χ2n) is 4.34. The summed E-state index contributed by atoms with van der Waals surface area (Å²) in [4.78, 5) is 22.1. The van der Waals surface area contributed by atoms with Crippen LogP contribution in [-0.2, 0) is 0 Å². The largest absolute Gasteiger partial charge is 0.322 e. The zero-order valence-corrected chi connectivity index (χ0v) is 10.9. The van der Waals surface area contributed by atoms with Gasteiger partial charge in [0.15, 0.2) is 11.6 Å². The van der Waals surface area contributed by atoms with Crippen LogP contribution in [0.3, 0.4) is 0 Å². The lowest BCUT2D eigenvalue weighted by molar-refractivity contribution is -0.385. The number of carbonyl (C=O) groups excluding carboxylic acids is 1. The average Bonchev–Trinajstić information content (AvgIpc) is 2.42. The molecular formula is C14H10F2N2O3. The molecule has 0 aliphatic rings. The van der Waals surface area contributed by atoms with Gasteiger partial charge in [0.2, 0.25) is 0 Å². The Kier molecular flexibility index (Phi) is 3.93. The van der Waals surface area contributed by atoms with Gasteiger partial charge in [-0.2, -0.15) is 0 Å². The lowest BCUT2D eigenvalue weighted by Gasteiger charge is -2.06. The summed E-state index contributed by atoms with van der Waals surface area (Å²) in [6, 6.07) is 6.83. The molecule has 7 heteroatoms. The molecule has 0 heterocycles. The minimum absolute atomic E-state index is 0.0925. The number of aryl methyl sites for hydroxylation is 1. The SMILES string of the molecule is Cc1cc(C(=O)Nc2ccc(F)c(F)c2)ccc1[N+](=O)[O-]. The van der Waals surface area contributed by atoms with Crippen molar-refractivity contribution < 1.29 is 18.5 Å². The van der Waals surface area contributed by atoms with E-state index in [0.717, 1.165) is 12.1 Å². The summed E-state index contributed by atoms with van der Waals surface area (Å²) in [5.74, 6) is -2.66. The summed E-state index contributed by atoms with van der Waals surface area (Å²) in [5, 5.41) is 13.1. The van der Waals surface area contributed by atoms with E-state index in [-0.39, 0.29) is 16.9 Å². The van der Waals surface area contributed by atoms with Crippen molar-refractivity contribution in [1.29, 1.82) is 0 Å². The molecule has 0 spiro atoms. The summed E-state index contributed by atoms with van der Waals surface area (Å²) in [7, 11) is 0.